The van der Waals surface area contributed by atoms with E-state index in [-0.39, 0.29) is 22.5 Å². The second-order valence-corrected chi connectivity index (χ2v) is 9.90. The van der Waals surface area contributed by atoms with Crippen LogP contribution in [0.1, 0.15) is 63.5 Å². The van der Waals surface area contributed by atoms with Crippen LogP contribution < -0.4 is 10.9 Å². The molecule has 4 rings (SSSR count). The lowest BCUT2D eigenvalue weighted by atomic mass is 9.69. The number of hydrogen-bond donors (Lipinski definition) is 3. The van der Waals surface area contributed by atoms with Crippen molar-refractivity contribution >= 4 is 23.4 Å². The Hall–Kier alpha value is -2.54. The standard InChI is InChI=1S/C23H27N3O3S/c1-4-5-10-30-22-25-20-19(21(29)26-22)17(13-6-8-14(27)9-7-13)18-15(24-20)11-23(2,3)12-16(18)28/h6-9,17,27H,4-5,10-12H2,1-3H3,(H2,24,25,26,29). The number of phenolic OH excluding ortho intramolecular Hbond substituents is 1. The molecule has 0 radical (unpaired) electrons. The largest absolute Gasteiger partial charge is 0.508 e. The monoisotopic (exact) mass is 425 g/mol. The number of allylic oxidation sites excluding steroid dienone is 2. The topological polar surface area (TPSA) is 95.1 Å². The molecule has 1 aromatic heterocycles. The van der Waals surface area contributed by atoms with E-state index >= 15 is 0 Å². The highest BCUT2D eigenvalue weighted by Crippen LogP contribution is 2.47. The molecule has 1 unspecified atom stereocenters. The number of nitrogens with one attached hydrogen (secondary N) is 2. The van der Waals surface area contributed by atoms with E-state index in [4.69, 9.17) is 4.98 Å². The number of nitrogens with zero attached hydrogens (tertiary/aromatic N) is 1. The number of carbonyl (C=O) groups excluding carboxylic acids is 1. The van der Waals surface area contributed by atoms with Crippen molar-refractivity contribution in [2.75, 3.05) is 11.1 Å². The summed E-state index contributed by atoms with van der Waals surface area (Å²) in [6.45, 7) is 6.29. The maximum atomic E-state index is 13.2. The van der Waals surface area contributed by atoms with Gasteiger partial charge in [0.25, 0.3) is 5.56 Å². The number of anilines is 1. The summed E-state index contributed by atoms with van der Waals surface area (Å²) in [6.07, 6.45) is 3.28. The number of aromatic amines is 1. The van der Waals surface area contributed by atoms with Crippen molar-refractivity contribution in [3.63, 3.8) is 0 Å². The van der Waals surface area contributed by atoms with Crippen molar-refractivity contribution in [1.29, 1.82) is 0 Å². The molecule has 158 valence electrons. The van der Waals surface area contributed by atoms with Gasteiger partial charge in [0.2, 0.25) is 0 Å². The van der Waals surface area contributed by atoms with Crippen LogP contribution >= 0.6 is 11.8 Å². The zero-order valence-corrected chi connectivity index (χ0v) is 18.4. The third-order valence-electron chi connectivity index (χ3n) is 5.66. The number of Topliss-reactive ketones (excluding diaryl/α,β-unsaturated/α-hetero) is 1. The Labute approximate surface area is 180 Å². The molecule has 0 spiro atoms. The fraction of sp³-hybridized carbons (Fsp3) is 0.435. The predicted octanol–water partition coefficient (Wildman–Crippen LogP) is 4.57. The van der Waals surface area contributed by atoms with Crippen molar-refractivity contribution in [2.24, 2.45) is 5.41 Å². The van der Waals surface area contributed by atoms with Crippen LogP contribution in [0, 0.1) is 5.41 Å². The molecule has 0 fully saturated rings. The molecule has 0 bridgehead atoms. The van der Waals surface area contributed by atoms with E-state index in [2.05, 4.69) is 31.1 Å². The number of fused-ring (bicyclic) bond motifs is 1. The molecule has 2 aromatic rings. The van der Waals surface area contributed by atoms with Crippen LogP contribution in [0.15, 0.2) is 45.5 Å². The molecule has 6 nitrogen and oxygen atoms in total. The molecule has 0 saturated heterocycles. The highest BCUT2D eigenvalue weighted by atomic mass is 32.2. The molecule has 0 amide bonds. The average molecular weight is 426 g/mol. The van der Waals surface area contributed by atoms with Crippen LogP contribution in [0.3, 0.4) is 0 Å². The fourth-order valence-corrected chi connectivity index (χ4v) is 5.22. The number of aromatic hydroxyl groups is 1. The van der Waals surface area contributed by atoms with E-state index in [0.717, 1.165) is 36.3 Å². The zero-order valence-electron chi connectivity index (χ0n) is 17.5. The van der Waals surface area contributed by atoms with Crippen molar-refractivity contribution < 1.29 is 9.90 Å². The molecule has 1 aliphatic carbocycles. The Balaban J connectivity index is 1.86. The molecule has 30 heavy (non-hydrogen) atoms. The van der Waals surface area contributed by atoms with Crippen LogP contribution in [0.5, 0.6) is 5.75 Å². The Morgan fingerprint density at radius 1 is 1.20 bits per heavy atom. The quantitative estimate of drug-likeness (QED) is 0.369. The van der Waals surface area contributed by atoms with Crippen LogP contribution in [-0.4, -0.2) is 26.6 Å². The van der Waals surface area contributed by atoms with Gasteiger partial charge in [-0.2, -0.15) is 0 Å². The van der Waals surface area contributed by atoms with Gasteiger partial charge < -0.3 is 15.4 Å². The minimum absolute atomic E-state index is 0.0540. The zero-order chi connectivity index (χ0) is 21.5. The van der Waals surface area contributed by atoms with Gasteiger partial charge in [-0.3, -0.25) is 9.59 Å². The maximum Gasteiger partial charge on any atom is 0.257 e. The van der Waals surface area contributed by atoms with E-state index in [1.165, 1.54) is 11.8 Å². The molecular formula is C23H27N3O3S. The smallest absolute Gasteiger partial charge is 0.257 e. The molecule has 1 atom stereocenters. The fourth-order valence-electron chi connectivity index (χ4n) is 4.27. The minimum atomic E-state index is -0.494. The highest BCUT2D eigenvalue weighted by Gasteiger charge is 2.42. The SMILES string of the molecule is CCCCSc1nc2c(c(=O)[nH]1)C(c1ccc(O)cc1)C1=C(CC(C)(C)CC1=O)N2. The number of unbranched alkanes of at least 4 members (excludes halogenated alkanes) is 1. The predicted molar refractivity (Wildman–Crippen MR) is 119 cm³/mol. The van der Waals surface area contributed by atoms with E-state index in [1.807, 2.05) is 0 Å². The molecule has 1 aliphatic heterocycles. The molecule has 7 heteroatoms. The first-order chi connectivity index (χ1) is 14.3. The summed E-state index contributed by atoms with van der Waals surface area (Å²) in [6, 6.07) is 6.72. The van der Waals surface area contributed by atoms with Gasteiger partial charge >= 0.3 is 0 Å². The lowest BCUT2D eigenvalue weighted by Crippen LogP contribution is -2.37. The van der Waals surface area contributed by atoms with Gasteiger partial charge in [-0.05, 0) is 36.0 Å². The summed E-state index contributed by atoms with van der Waals surface area (Å²) in [4.78, 5) is 33.9. The molecular weight excluding hydrogens is 398 g/mol. The summed E-state index contributed by atoms with van der Waals surface area (Å²) in [5.74, 6) is 1.12. The Bertz CT molecular complexity index is 1070. The van der Waals surface area contributed by atoms with Gasteiger partial charge in [-0.25, -0.2) is 4.98 Å². The van der Waals surface area contributed by atoms with Crippen LogP contribution in [0.2, 0.25) is 0 Å². The van der Waals surface area contributed by atoms with Gasteiger partial charge in [-0.15, -0.1) is 0 Å². The van der Waals surface area contributed by atoms with Gasteiger partial charge in [0.1, 0.15) is 11.6 Å². The van der Waals surface area contributed by atoms with E-state index < -0.39 is 5.92 Å². The van der Waals surface area contributed by atoms with Crippen molar-refractivity contribution in [3.05, 3.63) is 57.0 Å². The summed E-state index contributed by atoms with van der Waals surface area (Å²) in [5, 5.41) is 13.6. The van der Waals surface area contributed by atoms with Gasteiger partial charge in [0.05, 0.1) is 5.56 Å². The van der Waals surface area contributed by atoms with Crippen LogP contribution in [0.4, 0.5) is 5.82 Å². The maximum absolute atomic E-state index is 13.2. The number of aromatic nitrogens is 2. The number of hydrogen-bond acceptors (Lipinski definition) is 6. The van der Waals surface area contributed by atoms with Crippen molar-refractivity contribution in [1.82, 2.24) is 9.97 Å². The second kappa shape index (κ2) is 7.95. The number of thioether (sulfide) groups is 1. The first-order valence-corrected chi connectivity index (χ1v) is 11.4. The summed E-state index contributed by atoms with van der Waals surface area (Å²) < 4.78 is 0. The van der Waals surface area contributed by atoms with Gasteiger partial charge in [0.15, 0.2) is 10.9 Å². The van der Waals surface area contributed by atoms with Gasteiger partial charge in [-0.1, -0.05) is 51.1 Å². The van der Waals surface area contributed by atoms with E-state index in [0.29, 0.717) is 28.5 Å². The third-order valence-corrected chi connectivity index (χ3v) is 6.62. The Kier molecular flexibility index (Phi) is 5.49. The molecule has 3 N–H and O–H groups in total. The molecule has 0 saturated carbocycles. The first-order valence-electron chi connectivity index (χ1n) is 10.4. The van der Waals surface area contributed by atoms with Gasteiger partial charge in [0, 0.05) is 29.4 Å². The Morgan fingerprint density at radius 2 is 1.93 bits per heavy atom. The molecule has 2 heterocycles. The minimum Gasteiger partial charge on any atom is -0.508 e. The van der Waals surface area contributed by atoms with Crippen LogP contribution in [0.25, 0.3) is 0 Å². The van der Waals surface area contributed by atoms with E-state index in [9.17, 15) is 14.7 Å². The number of phenols is 1. The summed E-state index contributed by atoms with van der Waals surface area (Å²) in [7, 11) is 0. The average Bonchev–Trinajstić information content (AvgIpc) is 2.66. The normalized spacial score (nSPS) is 19.8. The number of benzene rings is 1. The van der Waals surface area contributed by atoms with Crippen molar-refractivity contribution in [3.8, 4) is 5.75 Å². The molecule has 1 aromatic carbocycles. The lowest BCUT2D eigenvalue weighted by Gasteiger charge is -2.38. The van der Waals surface area contributed by atoms with Crippen LogP contribution in [-0.2, 0) is 4.79 Å². The van der Waals surface area contributed by atoms with E-state index in [1.54, 1.807) is 24.3 Å². The number of carbonyl (C=O) groups is 1. The second-order valence-electron chi connectivity index (χ2n) is 8.82. The summed E-state index contributed by atoms with van der Waals surface area (Å²) in [5.41, 5.74) is 2.38. The highest BCUT2D eigenvalue weighted by molar-refractivity contribution is 7.99. The third kappa shape index (κ3) is 3.90. The lowest BCUT2D eigenvalue weighted by molar-refractivity contribution is -0.118. The number of ketones is 1. The number of rotatable bonds is 5. The Morgan fingerprint density at radius 3 is 2.63 bits per heavy atom. The molecule has 2 aliphatic rings. The number of H-pyrrole nitrogens is 1. The first kappa shape index (κ1) is 20.7. The summed E-state index contributed by atoms with van der Waals surface area (Å²) >= 11 is 1.54. The van der Waals surface area contributed by atoms with Crippen molar-refractivity contribution in [2.45, 2.75) is 57.5 Å².